The van der Waals surface area contributed by atoms with Gasteiger partial charge < -0.3 is 15.0 Å². The van der Waals surface area contributed by atoms with Crippen LogP contribution < -0.4 is 10.1 Å². The van der Waals surface area contributed by atoms with Gasteiger partial charge in [-0.1, -0.05) is 18.7 Å². The molecule has 0 bridgehead atoms. The lowest BCUT2D eigenvalue weighted by Gasteiger charge is -2.34. The van der Waals surface area contributed by atoms with Crippen LogP contribution in [0, 0.1) is 36.1 Å². The Morgan fingerprint density at radius 1 is 1.22 bits per heavy atom. The van der Waals surface area contributed by atoms with Gasteiger partial charge >= 0.3 is 0 Å². The summed E-state index contributed by atoms with van der Waals surface area (Å²) in [6.07, 6.45) is 5.06. The highest BCUT2D eigenvalue weighted by Crippen LogP contribution is 2.40. The van der Waals surface area contributed by atoms with Gasteiger partial charge in [0, 0.05) is 22.3 Å². The fraction of sp³-hybridized carbons (Fsp3) is 0.586. The van der Waals surface area contributed by atoms with Crippen molar-refractivity contribution in [1.29, 1.82) is 5.26 Å². The van der Waals surface area contributed by atoms with Gasteiger partial charge in [0.05, 0.1) is 17.9 Å². The molecular weight excluding hydrogens is 471 g/mol. The molecule has 0 amide bonds. The minimum absolute atomic E-state index is 0.264. The Hall–Kier alpha value is -2.45. The molecule has 1 fully saturated rings. The summed E-state index contributed by atoms with van der Waals surface area (Å²) >= 11 is 1.77. The highest BCUT2D eigenvalue weighted by molar-refractivity contribution is 7.12. The van der Waals surface area contributed by atoms with E-state index in [0.29, 0.717) is 30.9 Å². The summed E-state index contributed by atoms with van der Waals surface area (Å²) in [7, 11) is 0. The lowest BCUT2D eigenvalue weighted by atomic mass is 9.73. The van der Waals surface area contributed by atoms with Crippen LogP contribution in [0.15, 0.2) is 36.4 Å². The second-order valence-corrected chi connectivity index (χ2v) is 11.2. The van der Waals surface area contributed by atoms with Gasteiger partial charge in [0.2, 0.25) is 0 Å². The number of nitrogens with zero attached hydrogens (tertiary/aromatic N) is 3. The molecule has 1 aliphatic rings. The van der Waals surface area contributed by atoms with Crippen LogP contribution in [0.3, 0.4) is 0 Å². The third-order valence-corrected chi connectivity index (χ3v) is 8.24. The normalized spacial score (nSPS) is 16.2. The Morgan fingerprint density at radius 2 is 1.97 bits per heavy atom. The molecular formula is C29H40FN4OS+. The zero-order valence-corrected chi connectivity index (χ0v) is 22.7. The zero-order chi connectivity index (χ0) is 25.8. The number of rotatable bonds is 12. The van der Waals surface area contributed by atoms with Crippen molar-refractivity contribution in [3.63, 3.8) is 0 Å². The van der Waals surface area contributed by atoms with E-state index in [-0.39, 0.29) is 11.2 Å². The van der Waals surface area contributed by atoms with Crippen molar-refractivity contribution < 1.29 is 9.13 Å². The number of nitriles is 1. The van der Waals surface area contributed by atoms with E-state index < -0.39 is 0 Å². The Balaban J connectivity index is 1.27. The Bertz CT molecular complexity index is 1030. The number of aryl methyl sites for hydroxylation is 1. The molecule has 1 saturated heterocycles. The molecule has 3 rings (SSSR count). The van der Waals surface area contributed by atoms with E-state index in [0.717, 1.165) is 58.3 Å². The molecule has 1 unspecified atom stereocenters. The van der Waals surface area contributed by atoms with Crippen molar-refractivity contribution in [2.75, 3.05) is 39.3 Å². The second-order valence-electron chi connectivity index (χ2n) is 9.91. The largest absolute Gasteiger partial charge is 0.486 e. The Labute approximate surface area is 220 Å². The molecule has 2 heterocycles. The maximum Gasteiger partial charge on any atom is 0.296 e. The van der Waals surface area contributed by atoms with E-state index in [1.165, 1.54) is 21.9 Å². The van der Waals surface area contributed by atoms with Crippen LogP contribution in [-0.4, -0.2) is 50.3 Å². The number of benzene rings is 1. The minimum atomic E-state index is -0.371. The third kappa shape index (κ3) is 8.30. The third-order valence-electron chi connectivity index (χ3n) is 7.07. The summed E-state index contributed by atoms with van der Waals surface area (Å²) in [6, 6.07) is 16.6. The number of piperidine rings is 1. The molecule has 7 heteroatoms. The van der Waals surface area contributed by atoms with Gasteiger partial charge in [-0.05, 0) is 94.6 Å². The fourth-order valence-corrected chi connectivity index (χ4v) is 5.97. The number of halogens is 1. The molecule has 5 nitrogen and oxygen atoms in total. The van der Waals surface area contributed by atoms with Gasteiger partial charge in [0.15, 0.2) is 6.61 Å². The lowest BCUT2D eigenvalue weighted by molar-refractivity contribution is 0.189. The molecule has 1 N–H and O–H groups in total. The van der Waals surface area contributed by atoms with Crippen LogP contribution in [0.4, 0.5) is 4.39 Å². The van der Waals surface area contributed by atoms with Crippen LogP contribution in [-0.2, 0) is 5.41 Å². The van der Waals surface area contributed by atoms with Crippen LogP contribution in [0.1, 0.15) is 55.7 Å². The van der Waals surface area contributed by atoms with Gasteiger partial charge in [0.25, 0.3) is 12.6 Å². The summed E-state index contributed by atoms with van der Waals surface area (Å²) in [5.41, 5.74) is -0.371. The van der Waals surface area contributed by atoms with Crippen LogP contribution in [0.25, 0.3) is 4.85 Å². The molecule has 0 aliphatic carbocycles. The van der Waals surface area contributed by atoms with Crippen molar-refractivity contribution in [2.45, 2.75) is 64.3 Å². The Kier molecular flexibility index (Phi) is 11.2. The van der Waals surface area contributed by atoms with Gasteiger partial charge in [-0.3, -0.25) is 0 Å². The van der Waals surface area contributed by atoms with E-state index in [1.807, 2.05) is 0 Å². The maximum absolute atomic E-state index is 12.9. The standard InChI is InChI=1S/C29H40FN4OS/c1-23(2)29(22-31,28-11-6-24(3)36-28)14-4-18-34-19-12-26(13-20-34)33-16-5-15-32-17-21-35-27-9-7-25(30)8-10-27/h6-11,23,26,33H,4-5,12-14,16-21H2,1-3H3/q+1. The van der Waals surface area contributed by atoms with Crippen molar-refractivity contribution in [1.82, 2.24) is 10.2 Å². The number of ether oxygens (including phenoxy) is 1. The summed E-state index contributed by atoms with van der Waals surface area (Å²) in [5, 5.41) is 13.7. The predicted molar refractivity (Wildman–Crippen MR) is 147 cm³/mol. The van der Waals surface area contributed by atoms with E-state index in [9.17, 15) is 9.65 Å². The first-order valence-electron chi connectivity index (χ1n) is 13.1. The first-order chi connectivity index (χ1) is 17.4. The molecule has 1 aromatic carbocycles. The summed E-state index contributed by atoms with van der Waals surface area (Å²) < 4.78 is 18.4. The monoisotopic (exact) mass is 511 g/mol. The van der Waals surface area contributed by atoms with Crippen LogP contribution in [0.2, 0.25) is 0 Å². The van der Waals surface area contributed by atoms with Gasteiger partial charge in [0.1, 0.15) is 11.6 Å². The quantitative estimate of drug-likeness (QED) is 0.342. The predicted octanol–water partition coefficient (Wildman–Crippen LogP) is 6.25. The first-order valence-corrected chi connectivity index (χ1v) is 14.0. The molecule has 1 aromatic heterocycles. The van der Waals surface area contributed by atoms with E-state index >= 15 is 0 Å². The molecule has 1 atom stereocenters. The average molecular weight is 512 g/mol. The average Bonchev–Trinajstić information content (AvgIpc) is 3.32. The van der Waals surface area contributed by atoms with E-state index in [2.05, 4.69) is 60.1 Å². The lowest BCUT2D eigenvalue weighted by Crippen LogP contribution is -2.43. The zero-order valence-electron chi connectivity index (χ0n) is 21.9. The van der Waals surface area contributed by atoms with Crippen molar-refractivity contribution in [3.8, 4) is 17.9 Å². The van der Waals surface area contributed by atoms with Gasteiger partial charge in [-0.2, -0.15) is 5.26 Å². The first kappa shape index (κ1) is 28.1. The maximum atomic E-state index is 12.9. The van der Waals surface area contributed by atoms with E-state index in [4.69, 9.17) is 4.74 Å². The molecule has 194 valence electrons. The highest BCUT2D eigenvalue weighted by Gasteiger charge is 2.37. The molecule has 2 aromatic rings. The van der Waals surface area contributed by atoms with Crippen molar-refractivity contribution in [3.05, 3.63) is 56.8 Å². The number of nitrogens with one attached hydrogen (secondary N) is 1. The van der Waals surface area contributed by atoms with Gasteiger partial charge in [-0.25, -0.2) is 4.39 Å². The molecule has 1 aliphatic heterocycles. The van der Waals surface area contributed by atoms with Gasteiger partial charge in [-0.15, -0.1) is 11.3 Å². The summed E-state index contributed by atoms with van der Waals surface area (Å²) in [5.74, 6) is 0.694. The number of hydrogen-bond donors (Lipinski definition) is 1. The Morgan fingerprint density at radius 3 is 2.61 bits per heavy atom. The molecule has 36 heavy (non-hydrogen) atoms. The number of likely N-dealkylation sites (tertiary alicyclic amines) is 1. The summed E-state index contributed by atoms with van der Waals surface area (Å²) in [6.45, 7) is 11.6. The SMILES string of the molecule is Cc1ccc(C(C#N)(CCCN2CCC(NCCC#[N+]CCOc3ccc(F)cc3)CC2)C(C)C)s1. The van der Waals surface area contributed by atoms with Crippen molar-refractivity contribution in [2.24, 2.45) is 5.92 Å². The summed E-state index contributed by atoms with van der Waals surface area (Å²) in [4.78, 5) is 9.33. The minimum Gasteiger partial charge on any atom is -0.486 e. The molecule has 0 radical (unpaired) electrons. The second kappa shape index (κ2) is 14.3. The molecule has 0 saturated carbocycles. The van der Waals surface area contributed by atoms with Crippen LogP contribution in [0.5, 0.6) is 5.75 Å². The van der Waals surface area contributed by atoms with E-state index in [1.54, 1.807) is 23.5 Å². The van der Waals surface area contributed by atoms with Crippen LogP contribution >= 0.6 is 11.3 Å². The topological polar surface area (TPSA) is 52.7 Å². The molecule has 0 spiro atoms. The fourth-order valence-electron chi connectivity index (χ4n) is 4.78. The van der Waals surface area contributed by atoms with Crippen molar-refractivity contribution >= 4 is 11.3 Å². The number of thiophene rings is 1. The highest BCUT2D eigenvalue weighted by atomic mass is 32.1. The smallest absolute Gasteiger partial charge is 0.296 e. The number of hydrogen-bond acceptors (Lipinski definition) is 5.